The minimum Gasteiger partial charge on any atom is -0.478 e. The van der Waals surface area contributed by atoms with Gasteiger partial charge >= 0.3 is 5.97 Å². The fourth-order valence-electron chi connectivity index (χ4n) is 2.25. The van der Waals surface area contributed by atoms with Crippen LogP contribution in [0.1, 0.15) is 22.5 Å². The maximum Gasteiger partial charge on any atom is 0.335 e. The molecule has 3 rings (SSSR count). The van der Waals surface area contributed by atoms with Gasteiger partial charge in [-0.25, -0.2) is 4.79 Å². The molecule has 0 bridgehead atoms. The Morgan fingerprint density at radius 1 is 1.33 bits per heavy atom. The molecule has 2 amide bonds. The molecule has 10 heteroatoms. The van der Waals surface area contributed by atoms with Gasteiger partial charge in [0.2, 0.25) is 5.91 Å². The van der Waals surface area contributed by atoms with E-state index in [1.54, 1.807) is 12.1 Å². The molecule has 1 aromatic carbocycles. The number of nitrogens with one attached hydrogen (secondary N) is 2. The number of hydrogen-bond donors (Lipinski definition) is 3. The molecule has 138 valence electrons. The Labute approximate surface area is 157 Å². The van der Waals surface area contributed by atoms with Crippen LogP contribution in [0.15, 0.2) is 52.2 Å². The molecule has 0 spiro atoms. The van der Waals surface area contributed by atoms with Crippen molar-refractivity contribution in [2.24, 2.45) is 5.10 Å². The molecule has 9 nitrogen and oxygen atoms in total. The maximum atomic E-state index is 12.4. The first-order valence-corrected chi connectivity index (χ1v) is 8.62. The molecule has 3 N–H and O–H groups in total. The lowest BCUT2D eigenvalue weighted by molar-refractivity contribution is -0.129. The number of aromatic carboxylic acids is 1. The van der Waals surface area contributed by atoms with Crippen molar-refractivity contribution < 1.29 is 23.9 Å². The second kappa shape index (κ2) is 7.87. The molecule has 1 saturated heterocycles. The van der Waals surface area contributed by atoms with E-state index in [4.69, 9.17) is 14.9 Å². The van der Waals surface area contributed by atoms with Crippen molar-refractivity contribution in [2.45, 2.75) is 11.7 Å². The van der Waals surface area contributed by atoms with Crippen LogP contribution in [0.4, 0.5) is 5.69 Å². The number of rotatable bonds is 5. The van der Waals surface area contributed by atoms with Crippen LogP contribution in [-0.4, -0.2) is 44.5 Å². The normalized spacial score (nSPS) is 17.3. The minimum atomic E-state index is -1.06. The molecular formula is C17H14N4O5S. The van der Waals surface area contributed by atoms with Crippen molar-refractivity contribution in [3.05, 3.63) is 54.0 Å². The summed E-state index contributed by atoms with van der Waals surface area (Å²) in [6.07, 6.45) is 2.65. The number of carboxylic acid groups (broad SMARTS) is 1. The Morgan fingerprint density at radius 2 is 2.07 bits per heavy atom. The number of carbonyl (C=O) groups is 3. The first kappa shape index (κ1) is 18.4. The van der Waals surface area contributed by atoms with Crippen molar-refractivity contribution in [2.75, 3.05) is 5.32 Å². The van der Waals surface area contributed by atoms with Gasteiger partial charge in [0.15, 0.2) is 5.17 Å². The van der Waals surface area contributed by atoms with Crippen LogP contribution in [0.3, 0.4) is 0 Å². The topological polar surface area (TPSA) is 136 Å². The monoisotopic (exact) mass is 386 g/mol. The molecule has 0 aliphatic carbocycles. The smallest absolute Gasteiger partial charge is 0.335 e. The van der Waals surface area contributed by atoms with Crippen LogP contribution in [0.5, 0.6) is 0 Å². The summed E-state index contributed by atoms with van der Waals surface area (Å²) in [4.78, 5) is 35.4. The molecule has 2 aromatic rings. The number of carbonyl (C=O) groups excluding carboxylic acids is 2. The lowest BCUT2D eigenvalue weighted by Crippen LogP contribution is -2.42. The number of carboxylic acids is 1. The molecule has 1 atom stereocenters. The third-order valence-electron chi connectivity index (χ3n) is 3.58. The van der Waals surface area contributed by atoms with Crippen LogP contribution in [0.25, 0.3) is 0 Å². The Bertz CT molecular complexity index is 890. The van der Waals surface area contributed by atoms with Gasteiger partial charge < -0.3 is 14.8 Å². The van der Waals surface area contributed by atoms with Gasteiger partial charge in [0.25, 0.3) is 5.91 Å². The quantitative estimate of drug-likeness (QED) is 0.674. The van der Waals surface area contributed by atoms with Crippen molar-refractivity contribution in [1.82, 2.24) is 5.01 Å². The fraction of sp³-hybridized carbons (Fsp3) is 0.118. The van der Waals surface area contributed by atoms with Gasteiger partial charge in [0, 0.05) is 5.69 Å². The second-order valence-electron chi connectivity index (χ2n) is 5.45. The summed E-state index contributed by atoms with van der Waals surface area (Å²) in [7, 11) is 0. The van der Waals surface area contributed by atoms with Crippen LogP contribution in [-0.2, 0) is 9.59 Å². The standard InChI is InChI=1S/C17H14N4O5S/c18-17-21(19-9-12-2-1-7-26-12)14(22)8-13(27-17)15(23)20-11-5-3-10(4-6-11)16(24)25/h1-7,9,13,18H,8H2,(H,20,23)(H,24,25)/b18-17?,19-9-/t13-/m0/s1. The molecule has 0 saturated carbocycles. The SMILES string of the molecule is N=C1S[C@H](C(=O)Nc2ccc(C(=O)O)cc2)CC(=O)N1/N=C\c1ccco1. The number of nitrogens with zero attached hydrogens (tertiary/aromatic N) is 2. The van der Waals surface area contributed by atoms with E-state index in [-0.39, 0.29) is 17.2 Å². The highest BCUT2D eigenvalue weighted by atomic mass is 32.2. The molecule has 1 fully saturated rings. The first-order valence-electron chi connectivity index (χ1n) is 7.74. The fourth-order valence-corrected chi connectivity index (χ4v) is 3.16. The summed E-state index contributed by atoms with van der Waals surface area (Å²) in [5, 5.41) is 23.3. The lowest BCUT2D eigenvalue weighted by Gasteiger charge is -2.27. The van der Waals surface area contributed by atoms with E-state index in [0.717, 1.165) is 16.8 Å². The predicted molar refractivity (Wildman–Crippen MR) is 98.9 cm³/mol. The summed E-state index contributed by atoms with van der Waals surface area (Å²) >= 11 is 0.909. The van der Waals surface area contributed by atoms with E-state index in [1.807, 2.05) is 0 Å². The zero-order chi connectivity index (χ0) is 19.4. The summed E-state index contributed by atoms with van der Waals surface area (Å²) in [5.41, 5.74) is 0.505. The molecule has 1 aromatic heterocycles. The maximum absolute atomic E-state index is 12.4. The average molecular weight is 386 g/mol. The van der Waals surface area contributed by atoms with Crippen molar-refractivity contribution in [3.8, 4) is 0 Å². The van der Waals surface area contributed by atoms with Crippen molar-refractivity contribution in [3.63, 3.8) is 0 Å². The number of amidine groups is 1. The third kappa shape index (κ3) is 4.42. The van der Waals surface area contributed by atoms with Gasteiger partial charge in [0.1, 0.15) is 11.0 Å². The highest BCUT2D eigenvalue weighted by Crippen LogP contribution is 2.27. The predicted octanol–water partition coefficient (Wildman–Crippen LogP) is 2.22. The van der Waals surface area contributed by atoms with E-state index in [1.165, 1.54) is 36.7 Å². The van der Waals surface area contributed by atoms with E-state index in [9.17, 15) is 14.4 Å². The summed E-state index contributed by atoms with van der Waals surface area (Å²) < 4.78 is 5.08. The van der Waals surface area contributed by atoms with Gasteiger partial charge in [-0.2, -0.15) is 10.1 Å². The molecule has 2 heterocycles. The molecule has 1 aliphatic rings. The van der Waals surface area contributed by atoms with Crippen molar-refractivity contribution >= 4 is 46.6 Å². The van der Waals surface area contributed by atoms with Crippen molar-refractivity contribution in [1.29, 1.82) is 5.41 Å². The Hall–Kier alpha value is -3.40. The van der Waals surface area contributed by atoms with Crippen LogP contribution in [0, 0.1) is 5.41 Å². The average Bonchev–Trinajstić information content (AvgIpc) is 3.14. The highest BCUT2D eigenvalue weighted by molar-refractivity contribution is 8.14. The van der Waals surface area contributed by atoms with Crippen LogP contribution < -0.4 is 5.32 Å². The Morgan fingerprint density at radius 3 is 2.67 bits per heavy atom. The molecule has 0 unspecified atom stereocenters. The zero-order valence-electron chi connectivity index (χ0n) is 13.8. The van der Waals surface area contributed by atoms with Gasteiger partial charge in [-0.1, -0.05) is 11.8 Å². The van der Waals surface area contributed by atoms with Gasteiger partial charge in [-0.05, 0) is 36.4 Å². The van der Waals surface area contributed by atoms with E-state index in [2.05, 4.69) is 10.4 Å². The number of benzene rings is 1. The van der Waals surface area contributed by atoms with Gasteiger partial charge in [-0.3, -0.25) is 15.0 Å². The first-order chi connectivity index (χ1) is 12.9. The number of furan rings is 1. The summed E-state index contributed by atoms with van der Waals surface area (Å²) in [6.45, 7) is 0. The van der Waals surface area contributed by atoms with E-state index < -0.39 is 23.0 Å². The number of hydrogen-bond acceptors (Lipinski definition) is 7. The third-order valence-corrected chi connectivity index (χ3v) is 4.64. The highest BCUT2D eigenvalue weighted by Gasteiger charge is 2.35. The summed E-state index contributed by atoms with van der Waals surface area (Å²) in [5.74, 6) is -1.56. The Balaban J connectivity index is 1.62. The number of anilines is 1. The molecule has 0 radical (unpaired) electrons. The van der Waals surface area contributed by atoms with E-state index in [0.29, 0.717) is 11.4 Å². The number of amides is 2. The molecule has 1 aliphatic heterocycles. The lowest BCUT2D eigenvalue weighted by atomic mass is 10.2. The summed E-state index contributed by atoms with van der Waals surface area (Å²) in [6, 6.07) is 8.97. The number of hydrazone groups is 1. The molecular weight excluding hydrogens is 372 g/mol. The van der Waals surface area contributed by atoms with Crippen LogP contribution >= 0.6 is 11.8 Å². The largest absolute Gasteiger partial charge is 0.478 e. The van der Waals surface area contributed by atoms with Gasteiger partial charge in [0.05, 0.1) is 24.5 Å². The second-order valence-corrected chi connectivity index (χ2v) is 6.64. The van der Waals surface area contributed by atoms with Crippen LogP contribution in [0.2, 0.25) is 0 Å². The molecule has 27 heavy (non-hydrogen) atoms. The zero-order valence-corrected chi connectivity index (χ0v) is 14.6. The Kier molecular flexibility index (Phi) is 5.36. The minimum absolute atomic E-state index is 0.0991. The van der Waals surface area contributed by atoms with E-state index >= 15 is 0 Å². The van der Waals surface area contributed by atoms with Gasteiger partial charge in [-0.15, -0.1) is 0 Å². The number of thioether (sulfide) groups is 1.